The van der Waals surface area contributed by atoms with Gasteiger partial charge in [-0.1, -0.05) is 117 Å². The van der Waals surface area contributed by atoms with E-state index in [1.54, 1.807) is 0 Å². The second-order valence-electron chi connectivity index (χ2n) is 11.0. The summed E-state index contributed by atoms with van der Waals surface area (Å²) in [6.45, 7) is 4.72. The molecule has 40 heavy (non-hydrogen) atoms. The van der Waals surface area contributed by atoms with Gasteiger partial charge in [-0.2, -0.15) is 0 Å². The molecule has 0 aromatic heterocycles. The first-order valence-electron chi connectivity index (χ1n) is 14.0. The molecule has 0 atom stereocenters. The highest BCUT2D eigenvalue weighted by Crippen LogP contribution is 2.53. The molecule has 1 aliphatic rings. The molecule has 0 unspecified atom stereocenters. The molecule has 0 amide bonds. The summed E-state index contributed by atoms with van der Waals surface area (Å²) in [4.78, 5) is 2.31. The van der Waals surface area contributed by atoms with E-state index in [-0.39, 0.29) is 5.41 Å². The molecule has 0 saturated heterocycles. The van der Waals surface area contributed by atoms with Gasteiger partial charge in [0, 0.05) is 22.5 Å². The second kappa shape index (κ2) is 9.70. The standard InChI is InChI=1S/C39H31N/c1-39(2)37-21-13-12-20-34(37)36-27-30(26-35(38(36)39)29-14-6-3-7-15-29)28-22-24-33(25-23-28)40(31-16-8-4-9-17-31)32-18-10-5-11-19-32/h3-27H,1-2H3. The molecule has 1 heteroatoms. The third kappa shape index (κ3) is 4.03. The van der Waals surface area contributed by atoms with Crippen molar-refractivity contribution in [3.8, 4) is 33.4 Å². The van der Waals surface area contributed by atoms with Crippen molar-refractivity contribution < 1.29 is 0 Å². The Labute approximate surface area is 237 Å². The Bertz CT molecular complexity index is 1740. The van der Waals surface area contributed by atoms with Crippen molar-refractivity contribution in [1.29, 1.82) is 0 Å². The van der Waals surface area contributed by atoms with Crippen LogP contribution in [0.3, 0.4) is 0 Å². The number of fused-ring (bicyclic) bond motifs is 3. The van der Waals surface area contributed by atoms with Gasteiger partial charge in [-0.15, -0.1) is 0 Å². The van der Waals surface area contributed by atoms with Crippen molar-refractivity contribution in [2.45, 2.75) is 19.3 Å². The van der Waals surface area contributed by atoms with E-state index in [0.29, 0.717) is 0 Å². The topological polar surface area (TPSA) is 3.24 Å². The Morgan fingerprint density at radius 1 is 0.400 bits per heavy atom. The van der Waals surface area contributed by atoms with Crippen LogP contribution in [0.25, 0.3) is 33.4 Å². The molecule has 0 bridgehead atoms. The molecule has 7 rings (SSSR count). The summed E-state index contributed by atoms with van der Waals surface area (Å²) in [6.07, 6.45) is 0. The van der Waals surface area contributed by atoms with Crippen molar-refractivity contribution in [2.24, 2.45) is 0 Å². The summed E-state index contributed by atoms with van der Waals surface area (Å²) >= 11 is 0. The monoisotopic (exact) mass is 513 g/mol. The number of benzene rings is 6. The van der Waals surface area contributed by atoms with Crippen LogP contribution >= 0.6 is 0 Å². The molecule has 0 fully saturated rings. The van der Waals surface area contributed by atoms with Crippen molar-refractivity contribution in [3.63, 3.8) is 0 Å². The average molecular weight is 514 g/mol. The van der Waals surface area contributed by atoms with Gasteiger partial charge in [0.2, 0.25) is 0 Å². The SMILES string of the molecule is CC1(C)c2ccccc2-c2cc(-c3ccc(N(c4ccccc4)c4ccccc4)cc3)cc(-c3ccccc3)c21. The number of rotatable bonds is 5. The van der Waals surface area contributed by atoms with Crippen LogP contribution in [0.1, 0.15) is 25.0 Å². The van der Waals surface area contributed by atoms with Gasteiger partial charge in [0.25, 0.3) is 0 Å². The van der Waals surface area contributed by atoms with Gasteiger partial charge in [0.1, 0.15) is 0 Å². The van der Waals surface area contributed by atoms with E-state index < -0.39 is 0 Å². The normalized spacial score (nSPS) is 12.9. The number of anilines is 3. The Kier molecular flexibility index (Phi) is 5.86. The molecule has 192 valence electrons. The summed E-state index contributed by atoms with van der Waals surface area (Å²) in [5, 5.41) is 0. The number of para-hydroxylation sites is 2. The zero-order valence-electron chi connectivity index (χ0n) is 22.9. The summed E-state index contributed by atoms with van der Waals surface area (Å²) in [5.74, 6) is 0. The quantitative estimate of drug-likeness (QED) is 0.222. The minimum absolute atomic E-state index is 0.0641. The van der Waals surface area contributed by atoms with E-state index in [0.717, 1.165) is 17.1 Å². The first-order valence-corrected chi connectivity index (χ1v) is 14.0. The summed E-state index contributed by atoms with van der Waals surface area (Å²) < 4.78 is 0. The Morgan fingerprint density at radius 2 is 0.900 bits per heavy atom. The fraction of sp³-hybridized carbons (Fsp3) is 0.0769. The van der Waals surface area contributed by atoms with Gasteiger partial charge >= 0.3 is 0 Å². The third-order valence-corrected chi connectivity index (χ3v) is 8.23. The van der Waals surface area contributed by atoms with Gasteiger partial charge < -0.3 is 4.90 Å². The first kappa shape index (κ1) is 24.2. The Hall–Kier alpha value is -4.88. The van der Waals surface area contributed by atoms with Crippen LogP contribution in [0.4, 0.5) is 17.1 Å². The molecule has 0 spiro atoms. The fourth-order valence-corrected chi connectivity index (χ4v) is 6.34. The predicted molar refractivity (Wildman–Crippen MR) is 170 cm³/mol. The minimum atomic E-state index is -0.0641. The maximum atomic E-state index is 2.40. The van der Waals surface area contributed by atoms with Crippen molar-refractivity contribution in [1.82, 2.24) is 0 Å². The van der Waals surface area contributed by atoms with Gasteiger partial charge in [0.05, 0.1) is 0 Å². The van der Waals surface area contributed by atoms with E-state index in [1.165, 1.54) is 44.5 Å². The lowest BCUT2D eigenvalue weighted by Crippen LogP contribution is -2.16. The highest BCUT2D eigenvalue weighted by atomic mass is 15.1. The molecular formula is C39H31N. The zero-order chi connectivity index (χ0) is 27.1. The number of hydrogen-bond acceptors (Lipinski definition) is 1. The molecule has 1 nitrogen and oxygen atoms in total. The van der Waals surface area contributed by atoms with Crippen LogP contribution in [0, 0.1) is 0 Å². The maximum absolute atomic E-state index is 2.40. The molecule has 0 aliphatic heterocycles. The van der Waals surface area contributed by atoms with Crippen molar-refractivity contribution in [3.05, 3.63) is 163 Å². The van der Waals surface area contributed by atoms with Crippen LogP contribution in [0.2, 0.25) is 0 Å². The molecule has 0 heterocycles. The molecule has 0 saturated carbocycles. The summed E-state index contributed by atoms with van der Waals surface area (Å²) in [5.41, 5.74) is 13.9. The smallest absolute Gasteiger partial charge is 0.0462 e. The molecule has 0 radical (unpaired) electrons. The molecule has 6 aromatic carbocycles. The third-order valence-electron chi connectivity index (χ3n) is 8.23. The zero-order valence-corrected chi connectivity index (χ0v) is 22.9. The molecule has 1 aliphatic carbocycles. The van der Waals surface area contributed by atoms with Crippen LogP contribution in [-0.2, 0) is 5.41 Å². The Morgan fingerprint density at radius 3 is 1.52 bits per heavy atom. The number of hydrogen-bond donors (Lipinski definition) is 0. The molecule has 6 aromatic rings. The summed E-state index contributed by atoms with van der Waals surface area (Å²) in [7, 11) is 0. The lowest BCUT2D eigenvalue weighted by molar-refractivity contribution is 0.662. The van der Waals surface area contributed by atoms with E-state index in [9.17, 15) is 0 Å². The molecular weight excluding hydrogens is 482 g/mol. The number of nitrogens with zero attached hydrogens (tertiary/aromatic N) is 1. The highest BCUT2D eigenvalue weighted by molar-refractivity contribution is 5.92. The van der Waals surface area contributed by atoms with Crippen molar-refractivity contribution >= 4 is 17.1 Å². The first-order chi connectivity index (χ1) is 19.6. The van der Waals surface area contributed by atoms with Crippen LogP contribution in [0.15, 0.2) is 152 Å². The molecule has 0 N–H and O–H groups in total. The Balaban J connectivity index is 1.37. The maximum Gasteiger partial charge on any atom is 0.0462 e. The second-order valence-corrected chi connectivity index (χ2v) is 11.0. The van der Waals surface area contributed by atoms with E-state index in [2.05, 4.69) is 170 Å². The highest BCUT2D eigenvalue weighted by Gasteiger charge is 2.37. The summed E-state index contributed by atoms with van der Waals surface area (Å²) in [6, 6.07) is 54.7. The van der Waals surface area contributed by atoms with Crippen LogP contribution < -0.4 is 4.90 Å². The average Bonchev–Trinajstić information content (AvgIpc) is 3.25. The fourth-order valence-electron chi connectivity index (χ4n) is 6.34. The minimum Gasteiger partial charge on any atom is -0.311 e. The van der Waals surface area contributed by atoms with E-state index in [4.69, 9.17) is 0 Å². The van der Waals surface area contributed by atoms with E-state index in [1.807, 2.05) is 0 Å². The largest absolute Gasteiger partial charge is 0.311 e. The lowest BCUT2D eigenvalue weighted by atomic mass is 9.78. The van der Waals surface area contributed by atoms with Gasteiger partial charge in [-0.3, -0.25) is 0 Å². The van der Waals surface area contributed by atoms with E-state index >= 15 is 0 Å². The van der Waals surface area contributed by atoms with Gasteiger partial charge in [-0.05, 0) is 93.0 Å². The van der Waals surface area contributed by atoms with Crippen LogP contribution in [0.5, 0.6) is 0 Å². The van der Waals surface area contributed by atoms with Crippen molar-refractivity contribution in [2.75, 3.05) is 4.90 Å². The van der Waals surface area contributed by atoms with Gasteiger partial charge in [-0.25, -0.2) is 0 Å². The van der Waals surface area contributed by atoms with Crippen LogP contribution in [-0.4, -0.2) is 0 Å². The lowest BCUT2D eigenvalue weighted by Gasteiger charge is -2.26. The van der Waals surface area contributed by atoms with Gasteiger partial charge in [0.15, 0.2) is 0 Å². The predicted octanol–water partition coefficient (Wildman–Crippen LogP) is 10.8.